The van der Waals surface area contributed by atoms with E-state index < -0.39 is 16.0 Å². The van der Waals surface area contributed by atoms with Crippen molar-refractivity contribution in [3.8, 4) is 0 Å². The van der Waals surface area contributed by atoms with Gasteiger partial charge in [-0.05, 0) is 25.7 Å². The molecule has 6 nitrogen and oxygen atoms in total. The van der Waals surface area contributed by atoms with Gasteiger partial charge in [0.05, 0.1) is 5.75 Å². The van der Waals surface area contributed by atoms with Crippen molar-refractivity contribution < 1.29 is 23.1 Å². The fourth-order valence-electron chi connectivity index (χ4n) is 2.42. The summed E-state index contributed by atoms with van der Waals surface area (Å²) in [6.07, 6.45) is 3.48. The molecule has 19 heavy (non-hydrogen) atoms. The van der Waals surface area contributed by atoms with Gasteiger partial charge in [-0.15, -0.1) is 0 Å². The average Bonchev–Trinajstić information content (AvgIpc) is 2.37. The number of carbonyl (C=O) groups is 1. The van der Waals surface area contributed by atoms with E-state index in [0.29, 0.717) is 26.0 Å². The lowest BCUT2D eigenvalue weighted by Gasteiger charge is -2.34. The standard InChI is InChI=1S/C12H23NO5S/c1-18-9-4-10-19(16,17)13-8-3-2-5-11(13)6-7-12(14)15/h11H,2-10H2,1H3,(H,14,15). The maximum absolute atomic E-state index is 12.2. The summed E-state index contributed by atoms with van der Waals surface area (Å²) >= 11 is 0. The zero-order valence-corrected chi connectivity index (χ0v) is 12.2. The number of piperidine rings is 1. The Morgan fingerprint density at radius 3 is 2.79 bits per heavy atom. The monoisotopic (exact) mass is 293 g/mol. The number of carboxylic acid groups (broad SMARTS) is 1. The van der Waals surface area contributed by atoms with Gasteiger partial charge in [0.25, 0.3) is 0 Å². The lowest BCUT2D eigenvalue weighted by atomic mass is 10.0. The van der Waals surface area contributed by atoms with Crippen LogP contribution in [0, 0.1) is 0 Å². The van der Waals surface area contributed by atoms with Crippen LogP contribution in [0.15, 0.2) is 0 Å². The van der Waals surface area contributed by atoms with Crippen LogP contribution in [0.3, 0.4) is 0 Å². The molecule has 1 aliphatic heterocycles. The third-order valence-electron chi connectivity index (χ3n) is 3.37. The van der Waals surface area contributed by atoms with E-state index in [1.165, 1.54) is 4.31 Å². The molecule has 0 spiro atoms. The van der Waals surface area contributed by atoms with Gasteiger partial charge in [0.15, 0.2) is 0 Å². The number of sulfonamides is 1. The first-order valence-electron chi connectivity index (χ1n) is 6.67. The molecular formula is C12H23NO5S. The molecule has 1 fully saturated rings. The fourth-order valence-corrected chi connectivity index (χ4v) is 4.21. The van der Waals surface area contributed by atoms with Gasteiger partial charge in [-0.25, -0.2) is 8.42 Å². The minimum atomic E-state index is -3.29. The van der Waals surface area contributed by atoms with Gasteiger partial charge < -0.3 is 9.84 Å². The molecule has 1 unspecified atom stereocenters. The van der Waals surface area contributed by atoms with E-state index in [1.54, 1.807) is 7.11 Å². The molecule has 0 aliphatic carbocycles. The lowest BCUT2D eigenvalue weighted by molar-refractivity contribution is -0.137. The second kappa shape index (κ2) is 7.81. The molecule has 112 valence electrons. The van der Waals surface area contributed by atoms with Crippen molar-refractivity contribution in [2.45, 2.75) is 44.6 Å². The van der Waals surface area contributed by atoms with Crippen LogP contribution in [0.4, 0.5) is 0 Å². The first-order valence-corrected chi connectivity index (χ1v) is 8.28. The van der Waals surface area contributed by atoms with Crippen LogP contribution in [0.5, 0.6) is 0 Å². The molecule has 0 bridgehead atoms. The maximum Gasteiger partial charge on any atom is 0.303 e. The second-order valence-electron chi connectivity index (χ2n) is 4.86. The van der Waals surface area contributed by atoms with Crippen molar-refractivity contribution in [1.29, 1.82) is 0 Å². The zero-order chi connectivity index (χ0) is 14.3. The highest BCUT2D eigenvalue weighted by atomic mass is 32.2. The number of ether oxygens (including phenoxy) is 1. The molecule has 0 radical (unpaired) electrons. The van der Waals surface area contributed by atoms with Crippen LogP contribution in [0.25, 0.3) is 0 Å². The molecule has 1 N–H and O–H groups in total. The normalized spacial score (nSPS) is 21.4. The van der Waals surface area contributed by atoms with E-state index in [0.717, 1.165) is 19.3 Å². The Morgan fingerprint density at radius 2 is 2.16 bits per heavy atom. The lowest BCUT2D eigenvalue weighted by Crippen LogP contribution is -2.45. The topological polar surface area (TPSA) is 83.9 Å². The summed E-state index contributed by atoms with van der Waals surface area (Å²) in [5.74, 6) is -0.799. The van der Waals surface area contributed by atoms with Gasteiger partial charge in [-0.2, -0.15) is 4.31 Å². The Balaban J connectivity index is 2.61. The van der Waals surface area contributed by atoms with Gasteiger partial charge in [-0.1, -0.05) is 6.42 Å². The van der Waals surface area contributed by atoms with E-state index in [4.69, 9.17) is 9.84 Å². The Kier molecular flexibility index (Phi) is 6.74. The molecule has 0 saturated carbocycles. The van der Waals surface area contributed by atoms with E-state index in [1.807, 2.05) is 0 Å². The van der Waals surface area contributed by atoms with Crippen molar-refractivity contribution >= 4 is 16.0 Å². The van der Waals surface area contributed by atoms with Crippen molar-refractivity contribution in [3.05, 3.63) is 0 Å². The highest BCUT2D eigenvalue weighted by Gasteiger charge is 2.31. The summed E-state index contributed by atoms with van der Waals surface area (Å²) in [6.45, 7) is 0.937. The van der Waals surface area contributed by atoms with Crippen LogP contribution in [0.2, 0.25) is 0 Å². The average molecular weight is 293 g/mol. The number of methoxy groups -OCH3 is 1. The summed E-state index contributed by atoms with van der Waals surface area (Å²) in [7, 11) is -1.75. The molecule has 0 aromatic heterocycles. The van der Waals surface area contributed by atoms with Gasteiger partial charge in [-0.3, -0.25) is 4.79 Å². The molecule has 0 aromatic carbocycles. The molecule has 0 amide bonds. The SMILES string of the molecule is COCCCS(=O)(=O)N1CCCCC1CCC(=O)O. The first-order chi connectivity index (χ1) is 8.97. The number of hydrogen-bond donors (Lipinski definition) is 1. The Bertz CT molecular complexity index is 382. The van der Waals surface area contributed by atoms with E-state index >= 15 is 0 Å². The predicted molar refractivity (Wildman–Crippen MR) is 71.5 cm³/mol. The predicted octanol–water partition coefficient (Wildman–Crippen LogP) is 1.07. The minimum Gasteiger partial charge on any atom is -0.481 e. The number of nitrogens with zero attached hydrogens (tertiary/aromatic N) is 1. The van der Waals surface area contributed by atoms with Gasteiger partial charge in [0.1, 0.15) is 0 Å². The Hall–Kier alpha value is -0.660. The highest BCUT2D eigenvalue weighted by Crippen LogP contribution is 2.24. The quantitative estimate of drug-likeness (QED) is 0.677. The number of rotatable bonds is 8. The second-order valence-corrected chi connectivity index (χ2v) is 6.90. The fraction of sp³-hybridized carbons (Fsp3) is 0.917. The maximum atomic E-state index is 12.2. The van der Waals surface area contributed by atoms with E-state index in [9.17, 15) is 13.2 Å². The highest BCUT2D eigenvalue weighted by molar-refractivity contribution is 7.89. The minimum absolute atomic E-state index is 0.0226. The Labute approximate surface area is 114 Å². The van der Waals surface area contributed by atoms with Crippen molar-refractivity contribution in [3.63, 3.8) is 0 Å². The Morgan fingerprint density at radius 1 is 1.42 bits per heavy atom. The van der Waals surface area contributed by atoms with E-state index in [2.05, 4.69) is 0 Å². The third-order valence-corrected chi connectivity index (χ3v) is 5.37. The van der Waals surface area contributed by atoms with Crippen LogP contribution in [-0.4, -0.2) is 55.9 Å². The van der Waals surface area contributed by atoms with Crippen LogP contribution in [-0.2, 0) is 19.6 Å². The number of hydrogen-bond acceptors (Lipinski definition) is 4. The van der Waals surface area contributed by atoms with Gasteiger partial charge in [0, 0.05) is 32.7 Å². The largest absolute Gasteiger partial charge is 0.481 e. The molecular weight excluding hydrogens is 270 g/mol. The summed E-state index contributed by atoms with van der Waals surface area (Å²) in [5, 5.41) is 8.72. The molecule has 1 saturated heterocycles. The summed E-state index contributed by atoms with van der Waals surface area (Å²) < 4.78 is 30.9. The van der Waals surface area contributed by atoms with Crippen molar-refractivity contribution in [2.75, 3.05) is 26.0 Å². The molecule has 1 rings (SSSR count). The molecule has 1 atom stereocenters. The number of carboxylic acids is 1. The van der Waals surface area contributed by atoms with Gasteiger partial charge in [0.2, 0.25) is 10.0 Å². The molecule has 1 heterocycles. The van der Waals surface area contributed by atoms with E-state index in [-0.39, 0.29) is 18.2 Å². The smallest absolute Gasteiger partial charge is 0.303 e. The summed E-state index contributed by atoms with van der Waals surface area (Å²) in [4.78, 5) is 10.6. The van der Waals surface area contributed by atoms with Crippen LogP contribution < -0.4 is 0 Å². The van der Waals surface area contributed by atoms with Crippen molar-refractivity contribution in [2.24, 2.45) is 0 Å². The summed E-state index contributed by atoms with van der Waals surface area (Å²) in [6, 6.07) is -0.155. The molecule has 0 aromatic rings. The summed E-state index contributed by atoms with van der Waals surface area (Å²) in [5.41, 5.74) is 0. The van der Waals surface area contributed by atoms with Crippen LogP contribution in [0.1, 0.15) is 38.5 Å². The van der Waals surface area contributed by atoms with Crippen molar-refractivity contribution in [1.82, 2.24) is 4.31 Å². The molecule has 1 aliphatic rings. The van der Waals surface area contributed by atoms with Gasteiger partial charge >= 0.3 is 5.97 Å². The zero-order valence-electron chi connectivity index (χ0n) is 11.4. The first kappa shape index (κ1) is 16.4. The third kappa shape index (κ3) is 5.46. The number of aliphatic carboxylic acids is 1. The molecule has 7 heteroatoms. The van der Waals surface area contributed by atoms with Crippen LogP contribution >= 0.6 is 0 Å².